The Morgan fingerprint density at radius 3 is 2.65 bits per heavy atom. The number of amides is 2. The van der Waals surface area contributed by atoms with Crippen molar-refractivity contribution in [2.24, 2.45) is 0 Å². The Morgan fingerprint density at radius 1 is 1.15 bits per heavy atom. The number of aromatic nitrogens is 1. The van der Waals surface area contributed by atoms with Crippen LogP contribution in [0.4, 0.5) is 0 Å². The Kier molecular flexibility index (Phi) is 7.27. The molecule has 5 rings (SSSR count). The molecule has 1 atom stereocenters. The Balaban J connectivity index is 1.36. The number of fused-ring (bicyclic) bond motifs is 3. The molecule has 1 N–H and O–H groups in total. The minimum absolute atomic E-state index is 0.000487. The molecular weight excluding hydrogens is 448 g/mol. The van der Waals surface area contributed by atoms with E-state index in [1.165, 1.54) is 32.1 Å². The van der Waals surface area contributed by atoms with E-state index in [4.69, 9.17) is 4.74 Å². The van der Waals surface area contributed by atoms with Crippen LogP contribution in [0, 0.1) is 0 Å². The van der Waals surface area contributed by atoms with E-state index in [1.54, 1.807) is 11.3 Å². The Labute approximate surface area is 206 Å². The standard InChI is InChI=1S/C26H38N4O3S/c1-26(25(32)27-20-8-5-3-2-4-6-9-20)19-29-21-10-17-34-23(21)18-22(29)24(31)30(26)12-7-11-28-13-15-33-16-14-28/h10,17-18,20H,2-9,11-16,19H2,1H3,(H,27,32). The summed E-state index contributed by atoms with van der Waals surface area (Å²) in [4.78, 5) is 31.9. The second-order valence-corrected chi connectivity index (χ2v) is 11.3. The van der Waals surface area contributed by atoms with Crippen LogP contribution in [0.15, 0.2) is 17.5 Å². The highest BCUT2D eigenvalue weighted by Gasteiger charge is 2.48. The van der Waals surface area contributed by atoms with Crippen molar-refractivity contribution < 1.29 is 14.3 Å². The van der Waals surface area contributed by atoms with Gasteiger partial charge in [-0.15, -0.1) is 11.3 Å². The number of carbonyl (C=O) groups excluding carboxylic acids is 2. The Morgan fingerprint density at radius 2 is 1.88 bits per heavy atom. The predicted molar refractivity (Wildman–Crippen MR) is 135 cm³/mol. The third-order valence-corrected chi connectivity index (χ3v) is 8.79. The lowest BCUT2D eigenvalue weighted by atomic mass is 9.92. The van der Waals surface area contributed by atoms with Crippen LogP contribution in [-0.2, 0) is 16.1 Å². The molecule has 8 heteroatoms. The minimum Gasteiger partial charge on any atom is -0.379 e. The summed E-state index contributed by atoms with van der Waals surface area (Å²) in [6.45, 7) is 7.40. The molecule has 186 valence electrons. The number of hydrogen-bond acceptors (Lipinski definition) is 5. The van der Waals surface area contributed by atoms with Crippen LogP contribution < -0.4 is 5.32 Å². The van der Waals surface area contributed by atoms with Crippen LogP contribution >= 0.6 is 11.3 Å². The fourth-order valence-electron chi connectivity index (χ4n) is 5.84. The monoisotopic (exact) mass is 486 g/mol. The van der Waals surface area contributed by atoms with E-state index in [1.807, 2.05) is 17.9 Å². The number of nitrogens with zero attached hydrogens (tertiary/aromatic N) is 3. The number of nitrogens with one attached hydrogen (secondary N) is 1. The van der Waals surface area contributed by atoms with Gasteiger partial charge in [-0.3, -0.25) is 14.5 Å². The molecule has 0 aromatic carbocycles. The van der Waals surface area contributed by atoms with E-state index in [9.17, 15) is 9.59 Å². The van der Waals surface area contributed by atoms with Crippen molar-refractivity contribution in [1.82, 2.24) is 19.7 Å². The third kappa shape index (κ3) is 4.77. The average molecular weight is 487 g/mol. The van der Waals surface area contributed by atoms with Crippen LogP contribution in [0.25, 0.3) is 10.2 Å². The highest BCUT2D eigenvalue weighted by Crippen LogP contribution is 2.34. The summed E-state index contributed by atoms with van der Waals surface area (Å²) in [6, 6.07) is 4.28. The van der Waals surface area contributed by atoms with Crippen molar-refractivity contribution in [2.45, 2.75) is 76.4 Å². The molecule has 2 aliphatic heterocycles. The molecule has 0 bridgehead atoms. The number of morpholine rings is 1. The fraction of sp³-hybridized carbons (Fsp3) is 0.692. The second-order valence-electron chi connectivity index (χ2n) is 10.3. The van der Waals surface area contributed by atoms with Crippen molar-refractivity contribution in [1.29, 1.82) is 0 Å². The predicted octanol–water partition coefficient (Wildman–Crippen LogP) is 3.87. The van der Waals surface area contributed by atoms with Crippen molar-refractivity contribution in [2.75, 3.05) is 39.4 Å². The van der Waals surface area contributed by atoms with Crippen molar-refractivity contribution in [3.05, 3.63) is 23.2 Å². The van der Waals surface area contributed by atoms with Gasteiger partial charge in [0.05, 0.1) is 30.0 Å². The van der Waals surface area contributed by atoms with E-state index in [2.05, 4.69) is 26.2 Å². The van der Waals surface area contributed by atoms with Gasteiger partial charge in [0.1, 0.15) is 11.2 Å². The molecule has 2 aromatic rings. The molecular formula is C26H38N4O3S. The van der Waals surface area contributed by atoms with Gasteiger partial charge in [0.25, 0.3) is 5.91 Å². The van der Waals surface area contributed by atoms with Crippen molar-refractivity contribution >= 4 is 33.4 Å². The summed E-state index contributed by atoms with van der Waals surface area (Å²) in [7, 11) is 0. The van der Waals surface area contributed by atoms with Crippen LogP contribution in [0.1, 0.15) is 68.8 Å². The first-order valence-electron chi connectivity index (χ1n) is 13.1. The number of carbonyl (C=O) groups is 2. The lowest BCUT2D eigenvalue weighted by molar-refractivity contribution is -0.133. The average Bonchev–Trinajstić information content (AvgIpc) is 3.41. The number of hydrogen-bond donors (Lipinski definition) is 1. The van der Waals surface area contributed by atoms with Gasteiger partial charge in [-0.1, -0.05) is 32.1 Å². The maximum atomic E-state index is 13.9. The number of ether oxygens (including phenoxy) is 1. The Bertz CT molecular complexity index is 1000. The summed E-state index contributed by atoms with van der Waals surface area (Å²) in [5.74, 6) is -0.0209. The number of rotatable bonds is 6. The normalized spacial score (nSPS) is 25.2. The summed E-state index contributed by atoms with van der Waals surface area (Å²) < 4.78 is 8.65. The highest BCUT2D eigenvalue weighted by atomic mass is 32.1. The summed E-state index contributed by atoms with van der Waals surface area (Å²) in [5, 5.41) is 5.44. The van der Waals surface area contributed by atoms with E-state index < -0.39 is 5.54 Å². The van der Waals surface area contributed by atoms with Gasteiger partial charge in [-0.05, 0) is 43.7 Å². The maximum Gasteiger partial charge on any atom is 0.271 e. The lowest BCUT2D eigenvalue weighted by Gasteiger charge is -2.45. The van der Waals surface area contributed by atoms with Crippen LogP contribution in [-0.4, -0.2) is 77.2 Å². The molecule has 4 heterocycles. The van der Waals surface area contributed by atoms with Gasteiger partial charge in [0, 0.05) is 32.2 Å². The highest BCUT2D eigenvalue weighted by molar-refractivity contribution is 7.17. The molecule has 1 saturated heterocycles. The smallest absolute Gasteiger partial charge is 0.271 e. The quantitative estimate of drug-likeness (QED) is 0.673. The SMILES string of the molecule is CC1(C(=O)NC2CCCCCCC2)Cn2c(cc3sccc32)C(=O)N1CCCN1CCOCC1. The topological polar surface area (TPSA) is 66.8 Å². The molecule has 3 aliphatic rings. The molecule has 2 aromatic heterocycles. The molecule has 2 amide bonds. The molecule has 1 saturated carbocycles. The number of thiophene rings is 1. The molecule has 2 fully saturated rings. The summed E-state index contributed by atoms with van der Waals surface area (Å²) >= 11 is 1.65. The van der Waals surface area contributed by atoms with E-state index in [0.29, 0.717) is 18.8 Å². The summed E-state index contributed by atoms with van der Waals surface area (Å²) in [6.07, 6.45) is 9.07. The maximum absolute atomic E-state index is 13.9. The fourth-order valence-corrected chi connectivity index (χ4v) is 6.66. The lowest BCUT2D eigenvalue weighted by Crippen LogP contribution is -2.65. The molecule has 7 nitrogen and oxygen atoms in total. The van der Waals surface area contributed by atoms with E-state index in [-0.39, 0.29) is 17.9 Å². The van der Waals surface area contributed by atoms with Crippen LogP contribution in [0.3, 0.4) is 0 Å². The zero-order chi connectivity index (χ0) is 23.5. The molecule has 34 heavy (non-hydrogen) atoms. The summed E-state index contributed by atoms with van der Waals surface area (Å²) in [5.41, 5.74) is 0.876. The van der Waals surface area contributed by atoms with Crippen LogP contribution in [0.5, 0.6) is 0 Å². The zero-order valence-corrected chi connectivity index (χ0v) is 21.2. The van der Waals surface area contributed by atoms with E-state index >= 15 is 0 Å². The van der Waals surface area contributed by atoms with Gasteiger partial charge >= 0.3 is 0 Å². The molecule has 0 radical (unpaired) electrons. The first-order valence-corrected chi connectivity index (χ1v) is 13.9. The van der Waals surface area contributed by atoms with Gasteiger partial charge in [0.2, 0.25) is 5.91 Å². The molecule has 1 unspecified atom stereocenters. The zero-order valence-electron chi connectivity index (χ0n) is 20.4. The minimum atomic E-state index is -0.897. The third-order valence-electron chi connectivity index (χ3n) is 7.94. The largest absolute Gasteiger partial charge is 0.379 e. The molecule has 0 spiro atoms. The second kappa shape index (κ2) is 10.4. The first kappa shape index (κ1) is 23.8. The van der Waals surface area contributed by atoms with Gasteiger partial charge in [-0.2, -0.15) is 0 Å². The van der Waals surface area contributed by atoms with Crippen molar-refractivity contribution in [3.63, 3.8) is 0 Å². The first-order chi connectivity index (χ1) is 16.6. The van der Waals surface area contributed by atoms with Gasteiger partial charge in [0.15, 0.2) is 0 Å². The van der Waals surface area contributed by atoms with Crippen molar-refractivity contribution in [3.8, 4) is 0 Å². The molecule has 1 aliphatic carbocycles. The van der Waals surface area contributed by atoms with Gasteiger partial charge in [-0.25, -0.2) is 0 Å². The van der Waals surface area contributed by atoms with E-state index in [0.717, 1.165) is 62.3 Å². The van der Waals surface area contributed by atoms with Crippen LogP contribution in [0.2, 0.25) is 0 Å². The Hall–Kier alpha value is -1.90. The van der Waals surface area contributed by atoms with Gasteiger partial charge < -0.3 is 19.5 Å².